The quantitative estimate of drug-likeness (QED) is 0.728. The van der Waals surface area contributed by atoms with Crippen molar-refractivity contribution in [1.82, 2.24) is 4.90 Å². The number of likely N-dealkylation sites (tertiary alicyclic amines) is 1. The molecule has 1 heterocycles. The Bertz CT molecular complexity index is 215. The molecule has 1 aliphatic heterocycles. The third-order valence-corrected chi connectivity index (χ3v) is 3.86. The topological polar surface area (TPSA) is 40.5 Å². The monoisotopic (exact) mass is 197 g/mol. The van der Waals surface area contributed by atoms with Crippen LogP contribution in [0.5, 0.6) is 0 Å². The summed E-state index contributed by atoms with van der Waals surface area (Å²) in [5, 5.41) is 8.87. The molecule has 1 saturated carbocycles. The number of aliphatic carboxylic acids is 1. The Kier molecular flexibility index (Phi) is 2.77. The number of carbonyl (C=O) groups is 1. The van der Waals surface area contributed by atoms with Gasteiger partial charge in [0.2, 0.25) is 0 Å². The van der Waals surface area contributed by atoms with Crippen molar-refractivity contribution in [1.29, 1.82) is 0 Å². The Morgan fingerprint density at radius 2 is 1.93 bits per heavy atom. The lowest BCUT2D eigenvalue weighted by Crippen LogP contribution is -2.47. The fourth-order valence-electron chi connectivity index (χ4n) is 3.32. The van der Waals surface area contributed by atoms with Crippen LogP contribution in [0, 0.1) is 17.8 Å². The smallest absolute Gasteiger partial charge is 0.303 e. The zero-order valence-corrected chi connectivity index (χ0v) is 8.78. The molecule has 2 bridgehead atoms. The van der Waals surface area contributed by atoms with Gasteiger partial charge in [0, 0.05) is 19.5 Å². The van der Waals surface area contributed by atoms with E-state index in [4.69, 9.17) is 5.11 Å². The van der Waals surface area contributed by atoms with E-state index in [0.29, 0.717) is 24.2 Å². The van der Waals surface area contributed by atoms with Crippen LogP contribution in [0.3, 0.4) is 0 Å². The second kappa shape index (κ2) is 3.89. The molecule has 2 atom stereocenters. The lowest BCUT2D eigenvalue weighted by atomic mass is 9.68. The molecule has 1 saturated heterocycles. The van der Waals surface area contributed by atoms with Crippen LogP contribution in [0.2, 0.25) is 0 Å². The summed E-state index contributed by atoms with van der Waals surface area (Å²) >= 11 is 0. The van der Waals surface area contributed by atoms with Gasteiger partial charge >= 0.3 is 5.97 Å². The van der Waals surface area contributed by atoms with Crippen LogP contribution < -0.4 is 0 Å². The summed E-state index contributed by atoms with van der Waals surface area (Å²) in [5.41, 5.74) is 0. The van der Waals surface area contributed by atoms with Crippen molar-refractivity contribution in [3.8, 4) is 0 Å². The highest BCUT2D eigenvalue weighted by molar-refractivity contribution is 5.67. The third kappa shape index (κ3) is 1.92. The number of carboxylic acid groups (broad SMARTS) is 1. The molecule has 0 aromatic heterocycles. The zero-order chi connectivity index (χ0) is 10.1. The Morgan fingerprint density at radius 3 is 2.43 bits per heavy atom. The summed E-state index contributed by atoms with van der Waals surface area (Å²) in [6.07, 6.45) is 4.17. The van der Waals surface area contributed by atoms with E-state index in [1.165, 1.54) is 19.3 Å². The molecule has 2 unspecified atom stereocenters. The van der Waals surface area contributed by atoms with Gasteiger partial charge in [-0.15, -0.1) is 0 Å². The van der Waals surface area contributed by atoms with Gasteiger partial charge in [-0.1, -0.05) is 6.42 Å². The molecule has 2 fully saturated rings. The molecule has 1 aliphatic carbocycles. The number of nitrogens with zero attached hydrogens (tertiary/aromatic N) is 1. The Labute approximate surface area is 85.1 Å². The van der Waals surface area contributed by atoms with Crippen molar-refractivity contribution in [2.75, 3.05) is 20.1 Å². The van der Waals surface area contributed by atoms with E-state index >= 15 is 0 Å². The minimum atomic E-state index is -0.614. The van der Waals surface area contributed by atoms with E-state index in [1.54, 1.807) is 0 Å². The normalized spacial score (nSPS) is 38.2. The average molecular weight is 197 g/mol. The number of hydrogen-bond acceptors (Lipinski definition) is 2. The molecule has 0 amide bonds. The maximum Gasteiger partial charge on any atom is 0.303 e. The van der Waals surface area contributed by atoms with Crippen molar-refractivity contribution in [2.24, 2.45) is 17.8 Å². The summed E-state index contributed by atoms with van der Waals surface area (Å²) in [4.78, 5) is 13.1. The SMILES string of the molecule is CN1CC2CCCC(C1)C2CC(=O)O. The summed E-state index contributed by atoms with van der Waals surface area (Å²) < 4.78 is 0. The van der Waals surface area contributed by atoms with Gasteiger partial charge in [0.1, 0.15) is 0 Å². The van der Waals surface area contributed by atoms with Gasteiger partial charge in [0.15, 0.2) is 0 Å². The molecule has 14 heavy (non-hydrogen) atoms. The number of hydrogen-bond donors (Lipinski definition) is 1. The average Bonchev–Trinajstić information content (AvgIpc) is 2.05. The third-order valence-electron chi connectivity index (χ3n) is 3.86. The van der Waals surface area contributed by atoms with E-state index in [-0.39, 0.29) is 0 Å². The summed E-state index contributed by atoms with van der Waals surface area (Å²) in [5.74, 6) is 1.13. The van der Waals surface area contributed by atoms with E-state index in [2.05, 4.69) is 11.9 Å². The first-order valence-corrected chi connectivity index (χ1v) is 5.57. The first kappa shape index (κ1) is 9.97. The molecule has 0 aromatic carbocycles. The van der Waals surface area contributed by atoms with Crippen LogP contribution >= 0.6 is 0 Å². The van der Waals surface area contributed by atoms with Crippen LogP contribution in [-0.4, -0.2) is 36.1 Å². The number of carboxylic acids is 1. The molecule has 2 rings (SSSR count). The number of piperidine rings is 1. The first-order valence-electron chi connectivity index (χ1n) is 5.57. The van der Waals surface area contributed by atoms with Crippen molar-refractivity contribution in [3.63, 3.8) is 0 Å². The summed E-state index contributed by atoms with van der Waals surface area (Å²) in [6, 6.07) is 0. The Balaban J connectivity index is 2.04. The maximum atomic E-state index is 10.8. The highest BCUT2D eigenvalue weighted by Gasteiger charge is 2.39. The summed E-state index contributed by atoms with van der Waals surface area (Å²) in [6.45, 7) is 2.21. The Hall–Kier alpha value is -0.570. The van der Waals surface area contributed by atoms with Gasteiger partial charge < -0.3 is 10.0 Å². The molecule has 0 radical (unpaired) electrons. The standard InChI is InChI=1S/C11H19NO2/c1-12-6-8-3-2-4-9(7-12)10(8)5-11(13)14/h8-10H,2-7H2,1H3,(H,13,14). The fraction of sp³-hybridized carbons (Fsp3) is 0.909. The zero-order valence-electron chi connectivity index (χ0n) is 8.78. The van der Waals surface area contributed by atoms with Gasteiger partial charge in [-0.3, -0.25) is 4.79 Å². The second-order valence-electron chi connectivity index (χ2n) is 4.93. The van der Waals surface area contributed by atoms with Crippen molar-refractivity contribution in [2.45, 2.75) is 25.7 Å². The van der Waals surface area contributed by atoms with E-state index in [0.717, 1.165) is 13.1 Å². The van der Waals surface area contributed by atoms with Crippen LogP contribution in [0.25, 0.3) is 0 Å². The highest BCUT2D eigenvalue weighted by Crippen LogP contribution is 2.40. The van der Waals surface area contributed by atoms with E-state index in [1.807, 2.05) is 0 Å². The largest absolute Gasteiger partial charge is 0.481 e. The second-order valence-corrected chi connectivity index (χ2v) is 4.93. The van der Waals surface area contributed by atoms with E-state index < -0.39 is 5.97 Å². The lowest BCUT2D eigenvalue weighted by Gasteiger charge is -2.46. The molecular formula is C11H19NO2. The number of rotatable bonds is 2. The van der Waals surface area contributed by atoms with Gasteiger partial charge in [-0.2, -0.15) is 0 Å². The van der Waals surface area contributed by atoms with Crippen molar-refractivity contribution < 1.29 is 9.90 Å². The highest BCUT2D eigenvalue weighted by atomic mass is 16.4. The number of fused-ring (bicyclic) bond motifs is 2. The first-order chi connectivity index (χ1) is 6.66. The molecule has 3 nitrogen and oxygen atoms in total. The van der Waals surface area contributed by atoms with Gasteiger partial charge in [0.05, 0.1) is 0 Å². The molecule has 2 aliphatic rings. The minimum Gasteiger partial charge on any atom is -0.481 e. The molecule has 80 valence electrons. The molecule has 0 aromatic rings. The molecule has 0 spiro atoms. The summed E-state index contributed by atoms with van der Waals surface area (Å²) in [7, 11) is 2.16. The minimum absolute atomic E-state index is 0.392. The maximum absolute atomic E-state index is 10.8. The lowest BCUT2D eigenvalue weighted by molar-refractivity contribution is -0.140. The molecule has 3 heteroatoms. The van der Waals surface area contributed by atoms with Crippen LogP contribution in [0.15, 0.2) is 0 Å². The van der Waals surface area contributed by atoms with Crippen LogP contribution in [-0.2, 0) is 4.79 Å². The van der Waals surface area contributed by atoms with Crippen LogP contribution in [0.4, 0.5) is 0 Å². The Morgan fingerprint density at radius 1 is 1.36 bits per heavy atom. The molecule has 1 N–H and O–H groups in total. The van der Waals surface area contributed by atoms with E-state index in [9.17, 15) is 4.79 Å². The van der Waals surface area contributed by atoms with Crippen molar-refractivity contribution in [3.05, 3.63) is 0 Å². The van der Waals surface area contributed by atoms with Gasteiger partial charge in [-0.05, 0) is 37.6 Å². The molecular weight excluding hydrogens is 178 g/mol. The predicted molar refractivity (Wildman–Crippen MR) is 54.1 cm³/mol. The van der Waals surface area contributed by atoms with Crippen LogP contribution in [0.1, 0.15) is 25.7 Å². The van der Waals surface area contributed by atoms with Crippen molar-refractivity contribution >= 4 is 5.97 Å². The van der Waals surface area contributed by atoms with Gasteiger partial charge in [0.25, 0.3) is 0 Å². The van der Waals surface area contributed by atoms with Gasteiger partial charge in [-0.25, -0.2) is 0 Å². The predicted octanol–water partition coefficient (Wildman–Crippen LogP) is 1.44. The fourth-order valence-corrected chi connectivity index (χ4v) is 3.32.